The molecule has 0 fully saturated rings. The van der Waals surface area contributed by atoms with Crippen molar-refractivity contribution in [1.29, 1.82) is 0 Å². The average molecular weight is 345 g/mol. The van der Waals surface area contributed by atoms with Crippen LogP contribution in [0, 0.1) is 0 Å². The molecule has 3 rings (SSSR count). The third-order valence-corrected chi connectivity index (χ3v) is 4.36. The zero-order valence-corrected chi connectivity index (χ0v) is 14.2. The van der Waals surface area contributed by atoms with Gasteiger partial charge in [-0.25, -0.2) is 9.78 Å². The van der Waals surface area contributed by atoms with E-state index in [1.807, 2.05) is 10.7 Å². The molecule has 8 nitrogen and oxygen atoms in total. The molecule has 0 bridgehead atoms. The lowest BCUT2D eigenvalue weighted by Gasteiger charge is -2.24. The second-order valence-electron chi connectivity index (χ2n) is 5.94. The molecular weight excluding hydrogens is 322 g/mol. The predicted octanol–water partition coefficient (Wildman–Crippen LogP) is 1.16. The maximum Gasteiger partial charge on any atom is 0.315 e. The molecule has 0 radical (unpaired) electrons. The van der Waals surface area contributed by atoms with Crippen LogP contribution in [-0.4, -0.2) is 39.6 Å². The van der Waals surface area contributed by atoms with Crippen LogP contribution in [0.2, 0.25) is 0 Å². The van der Waals surface area contributed by atoms with E-state index in [1.54, 1.807) is 25.6 Å². The van der Waals surface area contributed by atoms with E-state index in [-0.39, 0.29) is 18.7 Å². The van der Waals surface area contributed by atoms with Crippen molar-refractivity contribution in [2.45, 2.75) is 38.4 Å². The fourth-order valence-corrected chi connectivity index (χ4v) is 3.18. The standard InChI is InChI=1S/C17H23N5O3/c1-25-16-12(4-3-7-18-16)10-19-17(24)21-14-5-2-6-15-13(14)11-20-22(15)8-9-23/h3-4,7,11,14,23H,2,5-6,8-10H2,1H3,(H2,19,21,24)/t14-/m0/s1. The Morgan fingerprint density at radius 2 is 2.40 bits per heavy atom. The van der Waals surface area contributed by atoms with Gasteiger partial charge in [0.2, 0.25) is 5.88 Å². The quantitative estimate of drug-likeness (QED) is 0.729. The van der Waals surface area contributed by atoms with Gasteiger partial charge in [-0.15, -0.1) is 0 Å². The fourth-order valence-electron chi connectivity index (χ4n) is 3.18. The van der Waals surface area contributed by atoms with Crippen molar-refractivity contribution in [3.05, 3.63) is 41.3 Å². The molecule has 134 valence electrons. The van der Waals surface area contributed by atoms with Gasteiger partial charge in [0.25, 0.3) is 0 Å². The molecule has 0 saturated heterocycles. The summed E-state index contributed by atoms with van der Waals surface area (Å²) in [6.07, 6.45) is 6.21. The SMILES string of the molecule is COc1ncccc1CNC(=O)N[C@H]1CCCc2c1cnn2CCO. The van der Waals surface area contributed by atoms with Crippen molar-refractivity contribution in [2.75, 3.05) is 13.7 Å². The summed E-state index contributed by atoms with van der Waals surface area (Å²) in [6.45, 7) is 0.876. The second kappa shape index (κ2) is 7.98. The number of ether oxygens (including phenoxy) is 1. The molecule has 2 aromatic rings. The second-order valence-corrected chi connectivity index (χ2v) is 5.94. The van der Waals surface area contributed by atoms with E-state index in [4.69, 9.17) is 9.84 Å². The summed E-state index contributed by atoms with van der Waals surface area (Å²) in [7, 11) is 1.56. The van der Waals surface area contributed by atoms with Crippen molar-refractivity contribution in [3.63, 3.8) is 0 Å². The lowest BCUT2D eigenvalue weighted by Crippen LogP contribution is -2.38. The first-order chi connectivity index (χ1) is 12.2. The van der Waals surface area contributed by atoms with Gasteiger partial charge in [0.05, 0.1) is 32.5 Å². The number of aliphatic hydroxyl groups excluding tert-OH is 1. The number of hydrogen-bond donors (Lipinski definition) is 3. The number of aromatic nitrogens is 3. The van der Waals surface area contributed by atoms with Crippen LogP contribution in [0.1, 0.15) is 35.7 Å². The Morgan fingerprint density at radius 1 is 1.52 bits per heavy atom. The Morgan fingerprint density at radius 3 is 3.20 bits per heavy atom. The minimum atomic E-state index is -0.237. The zero-order valence-electron chi connectivity index (χ0n) is 14.2. The number of rotatable bonds is 6. The minimum Gasteiger partial charge on any atom is -0.481 e. The van der Waals surface area contributed by atoms with Crippen LogP contribution in [0.5, 0.6) is 5.88 Å². The monoisotopic (exact) mass is 345 g/mol. The van der Waals surface area contributed by atoms with Gasteiger partial charge in [-0.2, -0.15) is 5.10 Å². The van der Waals surface area contributed by atoms with Gasteiger partial charge in [-0.1, -0.05) is 6.07 Å². The van der Waals surface area contributed by atoms with Crippen LogP contribution >= 0.6 is 0 Å². The molecule has 3 N–H and O–H groups in total. The highest BCUT2D eigenvalue weighted by Crippen LogP contribution is 2.29. The number of nitrogens with zero attached hydrogens (tertiary/aromatic N) is 3. The first-order valence-corrected chi connectivity index (χ1v) is 8.40. The van der Waals surface area contributed by atoms with Gasteiger partial charge < -0.3 is 20.5 Å². The fraction of sp³-hybridized carbons (Fsp3) is 0.471. The number of amides is 2. The Balaban J connectivity index is 1.61. The molecule has 0 aliphatic heterocycles. The summed E-state index contributed by atoms with van der Waals surface area (Å²) in [6, 6.07) is 3.37. The van der Waals surface area contributed by atoms with E-state index in [0.29, 0.717) is 19.0 Å². The third kappa shape index (κ3) is 3.90. The zero-order chi connectivity index (χ0) is 17.6. The summed E-state index contributed by atoms with van der Waals surface area (Å²) >= 11 is 0. The summed E-state index contributed by atoms with van der Waals surface area (Å²) in [5.74, 6) is 0.507. The van der Waals surface area contributed by atoms with Crippen LogP contribution in [0.3, 0.4) is 0 Å². The molecule has 1 atom stereocenters. The lowest BCUT2D eigenvalue weighted by molar-refractivity contribution is 0.234. The Hall–Kier alpha value is -2.61. The highest BCUT2D eigenvalue weighted by Gasteiger charge is 2.25. The van der Waals surface area contributed by atoms with Gasteiger partial charge in [0.15, 0.2) is 0 Å². The van der Waals surface area contributed by atoms with Crippen LogP contribution in [-0.2, 0) is 19.5 Å². The molecule has 2 amide bonds. The Bertz CT molecular complexity index is 731. The summed E-state index contributed by atoms with van der Waals surface area (Å²) < 4.78 is 7.01. The van der Waals surface area contributed by atoms with Crippen molar-refractivity contribution >= 4 is 6.03 Å². The van der Waals surface area contributed by atoms with Crippen molar-refractivity contribution < 1.29 is 14.6 Å². The van der Waals surface area contributed by atoms with E-state index in [1.165, 1.54) is 0 Å². The number of carbonyl (C=O) groups excluding carboxylic acids is 1. The lowest BCUT2D eigenvalue weighted by atomic mass is 9.93. The highest BCUT2D eigenvalue weighted by atomic mass is 16.5. The van der Waals surface area contributed by atoms with E-state index in [2.05, 4.69) is 20.7 Å². The highest BCUT2D eigenvalue weighted by molar-refractivity contribution is 5.74. The van der Waals surface area contributed by atoms with Gasteiger partial charge in [0, 0.05) is 29.6 Å². The van der Waals surface area contributed by atoms with Crippen LogP contribution < -0.4 is 15.4 Å². The molecule has 1 aliphatic carbocycles. The number of urea groups is 1. The van der Waals surface area contributed by atoms with Crippen LogP contribution in [0.4, 0.5) is 4.79 Å². The van der Waals surface area contributed by atoms with Crippen molar-refractivity contribution in [1.82, 2.24) is 25.4 Å². The number of methoxy groups -OCH3 is 1. The molecular formula is C17H23N5O3. The maximum atomic E-state index is 12.3. The molecule has 2 aromatic heterocycles. The number of pyridine rings is 1. The van der Waals surface area contributed by atoms with Crippen molar-refractivity contribution in [2.24, 2.45) is 0 Å². The molecule has 0 aromatic carbocycles. The topological polar surface area (TPSA) is 101 Å². The third-order valence-electron chi connectivity index (χ3n) is 4.36. The minimum absolute atomic E-state index is 0.0552. The number of carbonyl (C=O) groups is 1. The molecule has 25 heavy (non-hydrogen) atoms. The Labute approximate surface area is 146 Å². The maximum absolute atomic E-state index is 12.3. The van der Waals surface area contributed by atoms with Crippen LogP contribution in [0.25, 0.3) is 0 Å². The number of aliphatic hydroxyl groups is 1. The number of nitrogens with one attached hydrogen (secondary N) is 2. The average Bonchev–Trinajstić information content (AvgIpc) is 3.05. The van der Waals surface area contributed by atoms with Gasteiger partial charge >= 0.3 is 6.03 Å². The van der Waals surface area contributed by atoms with Crippen LogP contribution in [0.15, 0.2) is 24.5 Å². The number of hydrogen-bond acceptors (Lipinski definition) is 5. The molecule has 2 heterocycles. The van der Waals surface area contributed by atoms with E-state index < -0.39 is 0 Å². The Kier molecular flexibility index (Phi) is 5.49. The molecule has 0 spiro atoms. The molecule has 0 unspecified atom stereocenters. The molecule has 1 aliphatic rings. The normalized spacial score (nSPS) is 16.2. The predicted molar refractivity (Wildman–Crippen MR) is 91.2 cm³/mol. The van der Waals surface area contributed by atoms with Crippen molar-refractivity contribution in [3.8, 4) is 5.88 Å². The van der Waals surface area contributed by atoms with Gasteiger partial charge in [0.1, 0.15) is 0 Å². The largest absolute Gasteiger partial charge is 0.481 e. The van der Waals surface area contributed by atoms with E-state index >= 15 is 0 Å². The number of fused-ring (bicyclic) bond motifs is 1. The van der Waals surface area contributed by atoms with Gasteiger partial charge in [-0.3, -0.25) is 4.68 Å². The summed E-state index contributed by atoms with van der Waals surface area (Å²) in [4.78, 5) is 16.4. The van der Waals surface area contributed by atoms with Gasteiger partial charge in [-0.05, 0) is 25.3 Å². The first-order valence-electron chi connectivity index (χ1n) is 8.40. The van der Waals surface area contributed by atoms with E-state index in [9.17, 15) is 4.79 Å². The molecule has 8 heteroatoms. The molecule has 0 saturated carbocycles. The summed E-state index contributed by atoms with van der Waals surface area (Å²) in [5.41, 5.74) is 2.95. The van der Waals surface area contributed by atoms with E-state index in [0.717, 1.165) is 36.1 Å². The summed E-state index contributed by atoms with van der Waals surface area (Å²) in [5, 5.41) is 19.3. The first kappa shape index (κ1) is 17.2. The smallest absolute Gasteiger partial charge is 0.315 e.